The molecule has 20 heavy (non-hydrogen) atoms. The highest BCUT2D eigenvalue weighted by atomic mass is 16.6. The minimum atomic E-state index is -0.246. The number of rotatable bonds is 2. The monoisotopic (exact) mass is 272 g/mol. The lowest BCUT2D eigenvalue weighted by Crippen LogP contribution is -2.28. The molecule has 1 amide bonds. The maximum Gasteiger partial charge on any atom is 0.410 e. The van der Waals surface area contributed by atoms with Crippen molar-refractivity contribution >= 4 is 6.09 Å². The molecule has 1 aromatic carbocycles. The molecule has 0 saturated carbocycles. The van der Waals surface area contributed by atoms with Crippen molar-refractivity contribution in [1.29, 1.82) is 0 Å². The second-order valence-corrected chi connectivity index (χ2v) is 4.55. The third-order valence-corrected chi connectivity index (χ3v) is 2.97. The SMILES string of the molecule is C1=CCNC1.O=C(OCc1ccccc1)N1CC=CC1. The second-order valence-electron chi connectivity index (χ2n) is 4.55. The van der Waals surface area contributed by atoms with Crippen LogP contribution >= 0.6 is 0 Å². The predicted octanol–water partition coefficient (Wildman–Crippen LogP) is 2.34. The van der Waals surface area contributed by atoms with Gasteiger partial charge in [-0.25, -0.2) is 4.79 Å². The Kier molecular flexibility index (Phi) is 5.86. The number of nitrogens with one attached hydrogen (secondary N) is 1. The largest absolute Gasteiger partial charge is 0.445 e. The maximum absolute atomic E-state index is 11.5. The topological polar surface area (TPSA) is 41.6 Å². The molecule has 0 atom stereocenters. The van der Waals surface area contributed by atoms with Crippen LogP contribution in [0.4, 0.5) is 4.79 Å². The van der Waals surface area contributed by atoms with Crippen LogP contribution < -0.4 is 5.32 Å². The van der Waals surface area contributed by atoms with E-state index in [-0.39, 0.29) is 6.09 Å². The third kappa shape index (κ3) is 4.90. The summed E-state index contributed by atoms with van der Waals surface area (Å²) < 4.78 is 5.16. The zero-order valence-corrected chi connectivity index (χ0v) is 11.5. The normalized spacial score (nSPS) is 15.9. The van der Waals surface area contributed by atoms with Crippen molar-refractivity contribution in [2.24, 2.45) is 0 Å². The Bertz CT molecular complexity index is 455. The number of carbonyl (C=O) groups excluding carboxylic acids is 1. The average molecular weight is 272 g/mol. The summed E-state index contributed by atoms with van der Waals surface area (Å²) >= 11 is 0. The van der Waals surface area contributed by atoms with Gasteiger partial charge in [0, 0.05) is 26.2 Å². The van der Waals surface area contributed by atoms with E-state index in [0.29, 0.717) is 19.7 Å². The Labute approximate surface area is 119 Å². The molecule has 2 aliphatic rings. The molecule has 2 heterocycles. The van der Waals surface area contributed by atoms with Crippen molar-refractivity contribution in [2.75, 3.05) is 26.2 Å². The molecule has 2 aliphatic heterocycles. The van der Waals surface area contributed by atoms with Gasteiger partial charge in [0.2, 0.25) is 0 Å². The van der Waals surface area contributed by atoms with Gasteiger partial charge >= 0.3 is 6.09 Å². The number of hydrogen-bond donors (Lipinski definition) is 1. The summed E-state index contributed by atoms with van der Waals surface area (Å²) in [6.07, 6.45) is 7.93. The van der Waals surface area contributed by atoms with Gasteiger partial charge in [-0.05, 0) is 5.56 Å². The fourth-order valence-electron chi connectivity index (χ4n) is 1.85. The maximum atomic E-state index is 11.5. The molecule has 4 heteroatoms. The van der Waals surface area contributed by atoms with E-state index in [0.717, 1.165) is 18.7 Å². The Balaban J connectivity index is 0.000000247. The number of benzene rings is 1. The highest BCUT2D eigenvalue weighted by molar-refractivity contribution is 5.68. The van der Waals surface area contributed by atoms with Crippen LogP contribution in [-0.4, -0.2) is 37.2 Å². The van der Waals surface area contributed by atoms with E-state index < -0.39 is 0 Å². The molecule has 0 bridgehead atoms. The molecule has 1 aromatic rings. The summed E-state index contributed by atoms with van der Waals surface area (Å²) in [5.74, 6) is 0. The zero-order valence-electron chi connectivity index (χ0n) is 11.5. The molecule has 1 N–H and O–H groups in total. The van der Waals surface area contributed by atoms with Gasteiger partial charge in [0.15, 0.2) is 0 Å². The lowest BCUT2D eigenvalue weighted by atomic mass is 10.2. The molecule has 0 spiro atoms. The standard InChI is InChI=1S/C12H13NO2.C4H7N/c14-12(13-8-4-5-9-13)15-10-11-6-2-1-3-7-11;1-2-4-5-3-1/h1-7H,8-10H2;1-2,5H,3-4H2. The lowest BCUT2D eigenvalue weighted by molar-refractivity contribution is 0.106. The van der Waals surface area contributed by atoms with Crippen LogP contribution in [-0.2, 0) is 11.3 Å². The molecule has 0 radical (unpaired) electrons. The fourth-order valence-corrected chi connectivity index (χ4v) is 1.85. The van der Waals surface area contributed by atoms with Gasteiger partial charge in [-0.3, -0.25) is 0 Å². The second kappa shape index (κ2) is 8.17. The van der Waals surface area contributed by atoms with Gasteiger partial charge in [0.05, 0.1) is 0 Å². The van der Waals surface area contributed by atoms with Gasteiger partial charge in [-0.1, -0.05) is 54.6 Å². The predicted molar refractivity (Wildman–Crippen MR) is 79.3 cm³/mol. The Hall–Kier alpha value is -2.07. The third-order valence-electron chi connectivity index (χ3n) is 2.97. The van der Waals surface area contributed by atoms with Crippen molar-refractivity contribution in [3.05, 3.63) is 60.2 Å². The van der Waals surface area contributed by atoms with Gasteiger partial charge in [-0.15, -0.1) is 0 Å². The minimum Gasteiger partial charge on any atom is -0.445 e. The minimum absolute atomic E-state index is 0.246. The van der Waals surface area contributed by atoms with Crippen molar-refractivity contribution in [2.45, 2.75) is 6.61 Å². The Morgan fingerprint density at radius 2 is 1.70 bits per heavy atom. The molecule has 0 unspecified atom stereocenters. The van der Waals surface area contributed by atoms with Crippen molar-refractivity contribution in [3.63, 3.8) is 0 Å². The van der Waals surface area contributed by atoms with E-state index >= 15 is 0 Å². The van der Waals surface area contributed by atoms with Crippen LogP contribution in [0.25, 0.3) is 0 Å². The molecule has 0 saturated heterocycles. The zero-order chi connectivity index (χ0) is 14.0. The van der Waals surface area contributed by atoms with Gasteiger partial charge in [-0.2, -0.15) is 0 Å². The van der Waals surface area contributed by atoms with E-state index in [4.69, 9.17) is 4.74 Å². The molecule has 3 rings (SSSR count). The summed E-state index contributed by atoms with van der Waals surface area (Å²) in [7, 11) is 0. The van der Waals surface area contributed by atoms with Crippen LogP contribution in [0.2, 0.25) is 0 Å². The van der Waals surface area contributed by atoms with Crippen molar-refractivity contribution in [3.8, 4) is 0 Å². The molecule has 0 fully saturated rings. The van der Waals surface area contributed by atoms with Gasteiger partial charge in [0.25, 0.3) is 0 Å². The van der Waals surface area contributed by atoms with E-state index in [2.05, 4.69) is 17.5 Å². The summed E-state index contributed by atoms with van der Waals surface area (Å²) in [6, 6.07) is 9.68. The molecule has 106 valence electrons. The van der Waals surface area contributed by atoms with Crippen molar-refractivity contribution in [1.82, 2.24) is 10.2 Å². The summed E-state index contributed by atoms with van der Waals surface area (Å²) in [5.41, 5.74) is 1.01. The first-order valence-electron chi connectivity index (χ1n) is 6.82. The molecule has 4 nitrogen and oxygen atoms in total. The number of nitrogens with zero attached hydrogens (tertiary/aromatic N) is 1. The molecular formula is C16H20N2O2. The van der Waals surface area contributed by atoms with E-state index in [1.54, 1.807) is 4.90 Å². The fraction of sp³-hybridized carbons (Fsp3) is 0.312. The first-order chi connectivity index (χ1) is 9.86. The van der Waals surface area contributed by atoms with Crippen LogP contribution in [0.3, 0.4) is 0 Å². The summed E-state index contributed by atoms with van der Waals surface area (Å²) in [5, 5.41) is 3.11. The smallest absolute Gasteiger partial charge is 0.410 e. The van der Waals surface area contributed by atoms with E-state index in [1.807, 2.05) is 42.5 Å². The molecule has 0 aromatic heterocycles. The van der Waals surface area contributed by atoms with Crippen molar-refractivity contribution < 1.29 is 9.53 Å². The first kappa shape index (κ1) is 14.3. The van der Waals surface area contributed by atoms with Gasteiger partial charge in [0.1, 0.15) is 6.61 Å². The Morgan fingerprint density at radius 1 is 1.05 bits per heavy atom. The Morgan fingerprint density at radius 3 is 2.25 bits per heavy atom. The van der Waals surface area contributed by atoms with Crippen LogP contribution in [0.15, 0.2) is 54.6 Å². The number of hydrogen-bond acceptors (Lipinski definition) is 3. The van der Waals surface area contributed by atoms with Crippen LogP contribution in [0, 0.1) is 0 Å². The van der Waals surface area contributed by atoms with Crippen LogP contribution in [0.5, 0.6) is 0 Å². The van der Waals surface area contributed by atoms with E-state index in [1.165, 1.54) is 0 Å². The van der Waals surface area contributed by atoms with Gasteiger partial charge < -0.3 is 15.0 Å². The summed E-state index contributed by atoms with van der Waals surface area (Å²) in [6.45, 7) is 3.80. The average Bonchev–Trinajstić information content (AvgIpc) is 3.20. The molecule has 0 aliphatic carbocycles. The highest BCUT2D eigenvalue weighted by Crippen LogP contribution is 2.05. The number of carbonyl (C=O) groups is 1. The number of amides is 1. The highest BCUT2D eigenvalue weighted by Gasteiger charge is 2.14. The number of ether oxygens (including phenoxy) is 1. The quantitative estimate of drug-likeness (QED) is 0.840. The van der Waals surface area contributed by atoms with Crippen LogP contribution in [0.1, 0.15) is 5.56 Å². The summed E-state index contributed by atoms with van der Waals surface area (Å²) in [4.78, 5) is 13.1. The van der Waals surface area contributed by atoms with E-state index in [9.17, 15) is 4.79 Å². The first-order valence-corrected chi connectivity index (χ1v) is 6.82. The molecular weight excluding hydrogens is 252 g/mol. The lowest BCUT2D eigenvalue weighted by Gasteiger charge is -2.14.